The number of hydrogen-bond acceptors (Lipinski definition) is 4. The van der Waals surface area contributed by atoms with Crippen molar-refractivity contribution in [2.24, 2.45) is 5.92 Å². The zero-order chi connectivity index (χ0) is 17.0. The zero-order valence-corrected chi connectivity index (χ0v) is 14.9. The van der Waals surface area contributed by atoms with Gasteiger partial charge in [-0.3, -0.25) is 4.79 Å². The highest BCUT2D eigenvalue weighted by Gasteiger charge is 2.28. The SMILES string of the molecule is CC(CC1CC1)NCC(=O)N1CCN(C(=O)OC(C)(C)C)CC1. The summed E-state index contributed by atoms with van der Waals surface area (Å²) in [7, 11) is 0. The molecule has 1 heterocycles. The van der Waals surface area contributed by atoms with Gasteiger partial charge in [0.15, 0.2) is 0 Å². The van der Waals surface area contributed by atoms with Gasteiger partial charge in [0.25, 0.3) is 0 Å². The van der Waals surface area contributed by atoms with Crippen molar-refractivity contribution in [3.8, 4) is 0 Å². The summed E-state index contributed by atoms with van der Waals surface area (Å²) in [6.07, 6.45) is 3.56. The molecule has 6 heteroatoms. The molecule has 2 aliphatic rings. The molecule has 2 fully saturated rings. The number of rotatable bonds is 5. The normalized spacial score (nSPS) is 20.3. The van der Waals surface area contributed by atoms with Crippen LogP contribution in [-0.4, -0.2) is 66.2 Å². The number of nitrogens with zero attached hydrogens (tertiary/aromatic N) is 2. The third-order valence-corrected chi connectivity index (χ3v) is 4.27. The van der Waals surface area contributed by atoms with Crippen molar-refractivity contribution in [1.82, 2.24) is 15.1 Å². The van der Waals surface area contributed by atoms with Gasteiger partial charge < -0.3 is 19.9 Å². The average Bonchev–Trinajstić information content (AvgIpc) is 3.27. The summed E-state index contributed by atoms with van der Waals surface area (Å²) < 4.78 is 5.37. The average molecular weight is 325 g/mol. The minimum atomic E-state index is -0.481. The summed E-state index contributed by atoms with van der Waals surface area (Å²) in [5.41, 5.74) is -0.481. The molecule has 1 aliphatic carbocycles. The molecule has 1 N–H and O–H groups in total. The maximum Gasteiger partial charge on any atom is 0.410 e. The summed E-state index contributed by atoms with van der Waals surface area (Å²) in [4.78, 5) is 27.7. The molecular weight excluding hydrogens is 294 g/mol. The molecule has 1 aliphatic heterocycles. The monoisotopic (exact) mass is 325 g/mol. The van der Waals surface area contributed by atoms with Gasteiger partial charge in [0.1, 0.15) is 5.60 Å². The number of nitrogens with one attached hydrogen (secondary N) is 1. The van der Waals surface area contributed by atoms with Gasteiger partial charge in [-0.1, -0.05) is 12.8 Å². The van der Waals surface area contributed by atoms with Crippen LogP contribution in [-0.2, 0) is 9.53 Å². The number of carbonyl (C=O) groups is 2. The third-order valence-electron chi connectivity index (χ3n) is 4.27. The van der Waals surface area contributed by atoms with Gasteiger partial charge in [-0.2, -0.15) is 0 Å². The Kier molecular flexibility index (Phi) is 5.89. The summed E-state index contributed by atoms with van der Waals surface area (Å²) in [5, 5.41) is 3.32. The Hall–Kier alpha value is -1.30. The Morgan fingerprint density at radius 3 is 2.22 bits per heavy atom. The lowest BCUT2D eigenvalue weighted by molar-refractivity contribution is -0.132. The lowest BCUT2D eigenvalue weighted by Gasteiger charge is -2.35. The molecule has 132 valence electrons. The van der Waals surface area contributed by atoms with Crippen molar-refractivity contribution in [3.05, 3.63) is 0 Å². The minimum Gasteiger partial charge on any atom is -0.444 e. The van der Waals surface area contributed by atoms with Crippen LogP contribution < -0.4 is 5.32 Å². The van der Waals surface area contributed by atoms with E-state index >= 15 is 0 Å². The van der Waals surface area contributed by atoms with Gasteiger partial charge in [-0.05, 0) is 40.0 Å². The van der Waals surface area contributed by atoms with Crippen molar-refractivity contribution in [2.45, 2.75) is 58.6 Å². The molecule has 0 bridgehead atoms. The maximum atomic E-state index is 12.2. The van der Waals surface area contributed by atoms with Gasteiger partial charge >= 0.3 is 6.09 Å². The standard InChI is InChI=1S/C17H31N3O3/c1-13(11-14-5-6-14)18-12-15(21)19-7-9-20(10-8-19)16(22)23-17(2,3)4/h13-14,18H,5-12H2,1-4H3. The molecule has 2 rings (SSSR count). The van der Waals surface area contributed by atoms with Crippen LogP contribution in [0.3, 0.4) is 0 Å². The summed E-state index contributed by atoms with van der Waals surface area (Å²) in [6, 6.07) is 0.398. The second-order valence-corrected chi connectivity index (χ2v) is 7.81. The van der Waals surface area contributed by atoms with Crippen molar-refractivity contribution in [2.75, 3.05) is 32.7 Å². The van der Waals surface area contributed by atoms with Crippen LogP contribution in [0.2, 0.25) is 0 Å². The van der Waals surface area contributed by atoms with Gasteiger partial charge in [-0.15, -0.1) is 0 Å². The van der Waals surface area contributed by atoms with Crippen LogP contribution in [0.25, 0.3) is 0 Å². The van der Waals surface area contributed by atoms with Crippen LogP contribution in [0.1, 0.15) is 47.0 Å². The molecule has 23 heavy (non-hydrogen) atoms. The zero-order valence-electron chi connectivity index (χ0n) is 14.9. The molecule has 1 saturated carbocycles. The van der Waals surface area contributed by atoms with E-state index in [0.29, 0.717) is 38.8 Å². The molecule has 0 spiro atoms. The molecular formula is C17H31N3O3. The van der Waals surface area contributed by atoms with Crippen LogP contribution in [0, 0.1) is 5.92 Å². The van der Waals surface area contributed by atoms with E-state index in [-0.39, 0.29) is 12.0 Å². The van der Waals surface area contributed by atoms with Crippen molar-refractivity contribution >= 4 is 12.0 Å². The highest BCUT2D eigenvalue weighted by atomic mass is 16.6. The Bertz CT molecular complexity index is 421. The largest absolute Gasteiger partial charge is 0.444 e. The molecule has 0 aromatic carbocycles. The first-order chi connectivity index (χ1) is 10.7. The minimum absolute atomic E-state index is 0.122. The van der Waals surface area contributed by atoms with Crippen molar-refractivity contribution < 1.29 is 14.3 Å². The smallest absolute Gasteiger partial charge is 0.410 e. The first-order valence-corrected chi connectivity index (χ1v) is 8.73. The molecule has 2 amide bonds. The van der Waals surface area contributed by atoms with E-state index in [1.807, 2.05) is 25.7 Å². The molecule has 6 nitrogen and oxygen atoms in total. The third kappa shape index (κ3) is 6.37. The topological polar surface area (TPSA) is 61.9 Å². The first kappa shape index (κ1) is 18.0. The molecule has 1 atom stereocenters. The molecule has 1 unspecified atom stereocenters. The fourth-order valence-corrected chi connectivity index (χ4v) is 2.78. The van der Waals surface area contributed by atoms with Crippen molar-refractivity contribution in [1.29, 1.82) is 0 Å². The van der Waals surface area contributed by atoms with Gasteiger partial charge in [0, 0.05) is 32.2 Å². The molecule has 1 saturated heterocycles. The van der Waals surface area contributed by atoms with Gasteiger partial charge in [0.05, 0.1) is 6.54 Å². The second kappa shape index (κ2) is 7.51. The number of carbonyl (C=O) groups excluding carboxylic acids is 2. The van der Waals surface area contributed by atoms with Crippen LogP contribution >= 0.6 is 0 Å². The number of ether oxygens (including phenoxy) is 1. The fraction of sp³-hybridized carbons (Fsp3) is 0.882. The predicted octanol–water partition coefficient (Wildman–Crippen LogP) is 1.84. The molecule has 0 aromatic rings. The molecule has 0 radical (unpaired) electrons. The maximum absolute atomic E-state index is 12.2. The first-order valence-electron chi connectivity index (χ1n) is 8.73. The van der Waals surface area contributed by atoms with E-state index in [1.54, 1.807) is 4.90 Å². The fourth-order valence-electron chi connectivity index (χ4n) is 2.78. The van der Waals surface area contributed by atoms with E-state index in [4.69, 9.17) is 4.74 Å². The van der Waals surface area contributed by atoms with Crippen LogP contribution in [0.15, 0.2) is 0 Å². The second-order valence-electron chi connectivity index (χ2n) is 7.81. The van der Waals surface area contributed by atoms with Crippen LogP contribution in [0.4, 0.5) is 4.79 Å². The lowest BCUT2D eigenvalue weighted by atomic mass is 10.1. The highest BCUT2D eigenvalue weighted by molar-refractivity contribution is 5.78. The summed E-state index contributed by atoms with van der Waals surface area (Å²) >= 11 is 0. The van der Waals surface area contributed by atoms with Gasteiger partial charge in [-0.25, -0.2) is 4.79 Å². The van der Waals surface area contributed by atoms with E-state index in [9.17, 15) is 9.59 Å². The number of hydrogen-bond donors (Lipinski definition) is 1. The Balaban J connectivity index is 1.66. The van der Waals surface area contributed by atoms with E-state index in [0.717, 1.165) is 5.92 Å². The summed E-state index contributed by atoms with van der Waals surface area (Å²) in [5.74, 6) is 0.987. The van der Waals surface area contributed by atoms with Crippen molar-refractivity contribution in [3.63, 3.8) is 0 Å². The van der Waals surface area contributed by atoms with E-state index < -0.39 is 5.60 Å². The lowest BCUT2D eigenvalue weighted by Crippen LogP contribution is -2.53. The predicted molar refractivity (Wildman–Crippen MR) is 89.2 cm³/mol. The number of amides is 2. The highest BCUT2D eigenvalue weighted by Crippen LogP contribution is 2.33. The number of piperazine rings is 1. The van der Waals surface area contributed by atoms with Crippen LogP contribution in [0.5, 0.6) is 0 Å². The Labute approximate surface area is 139 Å². The van der Waals surface area contributed by atoms with E-state index in [2.05, 4.69) is 12.2 Å². The van der Waals surface area contributed by atoms with Gasteiger partial charge in [0.2, 0.25) is 5.91 Å². The van der Waals surface area contributed by atoms with E-state index in [1.165, 1.54) is 19.3 Å². The quantitative estimate of drug-likeness (QED) is 0.838. The summed E-state index contributed by atoms with van der Waals surface area (Å²) in [6.45, 7) is 10.4. The Morgan fingerprint density at radius 1 is 1.13 bits per heavy atom. The Morgan fingerprint density at radius 2 is 1.70 bits per heavy atom. The molecule has 0 aromatic heterocycles.